The van der Waals surface area contributed by atoms with Crippen LogP contribution < -0.4 is 48.9 Å². The maximum Gasteiger partial charge on any atom is 0.426 e. The Balaban J connectivity index is 1.21. The van der Waals surface area contributed by atoms with Gasteiger partial charge in [0, 0.05) is 44.5 Å². The molecule has 0 saturated carbocycles. The van der Waals surface area contributed by atoms with E-state index < -0.39 is 65.7 Å². The molecule has 22 nitrogen and oxygen atoms in total. The van der Waals surface area contributed by atoms with Gasteiger partial charge in [-0.1, -0.05) is 63.1 Å². The van der Waals surface area contributed by atoms with E-state index in [0.717, 1.165) is 24.8 Å². The van der Waals surface area contributed by atoms with E-state index in [4.69, 9.17) is 35.2 Å². The van der Waals surface area contributed by atoms with Crippen molar-refractivity contribution in [3.05, 3.63) is 65.8 Å². The number of benzene rings is 1. The Labute approximate surface area is 446 Å². The molecule has 3 aliphatic heterocycles. The van der Waals surface area contributed by atoms with E-state index in [9.17, 15) is 38.4 Å². The molecule has 76 heavy (non-hydrogen) atoms. The number of esters is 1. The van der Waals surface area contributed by atoms with E-state index in [2.05, 4.69) is 50.4 Å². The number of unbranched alkanes of at least 4 members (excludes halogenated alkanes) is 2. The Bertz CT molecular complexity index is 2220. The summed E-state index contributed by atoms with van der Waals surface area (Å²) in [6.45, 7) is 15.2. The highest BCUT2D eigenvalue weighted by Gasteiger charge is 2.58. The summed E-state index contributed by atoms with van der Waals surface area (Å²) in [6, 6.07) is 3.66. The Morgan fingerprint density at radius 1 is 0.868 bits per heavy atom. The lowest BCUT2D eigenvalue weighted by atomic mass is 9.87. The van der Waals surface area contributed by atoms with Crippen LogP contribution in [0.1, 0.15) is 132 Å². The first-order valence-electron chi connectivity index (χ1n) is 26.5. The van der Waals surface area contributed by atoms with E-state index in [-0.39, 0.29) is 86.5 Å². The topological polar surface area (TPSA) is 322 Å². The van der Waals surface area contributed by atoms with Crippen molar-refractivity contribution in [2.45, 2.75) is 193 Å². The maximum absolute atomic E-state index is 13.5. The Morgan fingerprint density at radius 2 is 1.59 bits per heavy atom. The summed E-state index contributed by atoms with van der Waals surface area (Å²) < 4.78 is 29.0. The fourth-order valence-electron chi connectivity index (χ4n) is 9.14. The number of rotatable bonds is 27. The summed E-state index contributed by atoms with van der Waals surface area (Å²) in [7, 11) is 0. The average Bonchev–Trinajstić information content (AvgIpc) is 3.97. The highest BCUT2D eigenvalue weighted by atomic mass is 16.6. The summed E-state index contributed by atoms with van der Waals surface area (Å²) in [5, 5.41) is 13.8. The minimum Gasteiger partial charge on any atom is -0.459 e. The number of epoxide rings is 1. The van der Waals surface area contributed by atoms with E-state index in [0.29, 0.717) is 49.9 Å². The van der Waals surface area contributed by atoms with Crippen LogP contribution in [0.25, 0.3) is 0 Å². The van der Waals surface area contributed by atoms with Crippen LogP contribution in [-0.2, 0) is 59.1 Å². The van der Waals surface area contributed by atoms with Crippen molar-refractivity contribution in [3.63, 3.8) is 0 Å². The molecule has 1 spiro atoms. The Hall–Kier alpha value is -6.36. The van der Waals surface area contributed by atoms with Crippen LogP contribution in [0.5, 0.6) is 0 Å². The van der Waals surface area contributed by atoms with E-state index in [1.807, 2.05) is 32.9 Å². The Kier molecular flexibility index (Phi) is 25.4. The Morgan fingerprint density at radius 3 is 2.25 bits per heavy atom. The van der Waals surface area contributed by atoms with Gasteiger partial charge in [0.15, 0.2) is 0 Å². The average molecular weight is 1070 g/mol. The number of amides is 8. The molecular formula is C54H83N9O13. The van der Waals surface area contributed by atoms with Gasteiger partial charge in [0.05, 0.1) is 48.6 Å². The minimum absolute atomic E-state index is 0.00747. The predicted octanol–water partition coefficient (Wildman–Crippen LogP) is 4.27. The first kappa shape index (κ1) is 62.2. The van der Waals surface area contributed by atoms with Gasteiger partial charge >= 0.3 is 18.1 Å². The molecule has 0 radical (unpaired) electrons. The summed E-state index contributed by atoms with van der Waals surface area (Å²) in [6.07, 6.45) is 12.0. The third-order valence-electron chi connectivity index (χ3n) is 13.5. The molecule has 0 aromatic heterocycles. The lowest BCUT2D eigenvalue weighted by Gasteiger charge is -2.39. The lowest BCUT2D eigenvalue weighted by molar-refractivity contribution is -0.143. The second-order valence-corrected chi connectivity index (χ2v) is 20.5. The molecule has 4 rings (SSSR count). The zero-order valence-corrected chi connectivity index (χ0v) is 45.4. The molecule has 3 heterocycles. The van der Waals surface area contributed by atoms with Crippen molar-refractivity contribution >= 4 is 53.3 Å². The number of carbonyl (C=O) groups excluding carboxylic acids is 8. The molecule has 1 aromatic rings. The number of hydrogen-bond acceptors (Lipinski definition) is 14. The van der Waals surface area contributed by atoms with Crippen LogP contribution in [0.2, 0.25) is 0 Å². The first-order valence-corrected chi connectivity index (χ1v) is 26.5. The zero-order valence-electron chi connectivity index (χ0n) is 45.4. The van der Waals surface area contributed by atoms with Crippen molar-refractivity contribution < 1.29 is 62.0 Å². The standard InChI is InChI=1S/C54H83N9O13/c1-32(2)49(61-46(65)14-10-9-11-25-55)51(69)60-43(13-12-26-57-52(56)70)50(68)58-40-20-18-39(19-21-40)31-72-53(71)63-62-48(67)28-42-30-54(37(7)76-54)29-41(75-42)22-15-33(3)16-23-45-34(4)27-44(36(6)74-45)59-47(66)24-17-35(5)73-38(8)64/h15-22,24,32,34-37,41-45,49H,9-14,23,25-31,55H2,1-8H3,(H,58,68)(H,59,66)(H,60,69)(H,61,65)(H,62,67)(H,63,71)(H3,56,57,70)/b22-15+,24-17-,33-16+/t34-,35-,36+,37+,41+,42+,43-,44+,45-,49-,54+/m0/s1. The molecule has 0 unspecified atom stereocenters. The predicted molar refractivity (Wildman–Crippen MR) is 283 cm³/mol. The number of primary amides is 1. The second kappa shape index (κ2) is 31.0. The number of anilines is 1. The molecule has 0 aliphatic carbocycles. The minimum atomic E-state index is -1.02. The van der Waals surface area contributed by atoms with Gasteiger partial charge in [-0.15, -0.1) is 0 Å². The van der Waals surface area contributed by atoms with E-state index in [1.165, 1.54) is 19.1 Å². The number of hydrazine groups is 1. The number of urea groups is 1. The number of nitrogens with one attached hydrogen (secondary N) is 7. The van der Waals surface area contributed by atoms with Crippen LogP contribution in [-0.4, -0.2) is 121 Å². The summed E-state index contributed by atoms with van der Waals surface area (Å²) >= 11 is 0. The largest absolute Gasteiger partial charge is 0.459 e. The van der Waals surface area contributed by atoms with Crippen molar-refractivity contribution in [1.29, 1.82) is 0 Å². The summed E-state index contributed by atoms with van der Waals surface area (Å²) in [5.74, 6) is -2.61. The molecule has 0 bridgehead atoms. The van der Waals surface area contributed by atoms with Gasteiger partial charge in [-0.3, -0.25) is 34.2 Å². The highest BCUT2D eigenvalue weighted by Crippen LogP contribution is 2.48. The van der Waals surface area contributed by atoms with E-state index in [1.54, 1.807) is 45.0 Å². The molecular weight excluding hydrogens is 983 g/mol. The fourth-order valence-corrected chi connectivity index (χ4v) is 9.14. The van der Waals surface area contributed by atoms with Crippen molar-refractivity contribution in [2.75, 3.05) is 18.4 Å². The van der Waals surface area contributed by atoms with Crippen LogP contribution in [0.15, 0.2) is 60.2 Å². The van der Waals surface area contributed by atoms with Gasteiger partial charge in [-0.25, -0.2) is 15.0 Å². The second-order valence-electron chi connectivity index (χ2n) is 20.5. The first-order chi connectivity index (χ1) is 36.1. The van der Waals surface area contributed by atoms with Gasteiger partial charge in [0.25, 0.3) is 0 Å². The van der Waals surface area contributed by atoms with Crippen LogP contribution >= 0.6 is 0 Å². The number of allylic oxidation sites excluding steroid dienone is 2. The quantitative estimate of drug-likeness (QED) is 0.0149. The van der Waals surface area contributed by atoms with Gasteiger partial charge < -0.3 is 61.7 Å². The van der Waals surface area contributed by atoms with Gasteiger partial charge in [0.2, 0.25) is 29.5 Å². The normalized spacial score (nSPS) is 24.4. The highest BCUT2D eigenvalue weighted by molar-refractivity contribution is 5.98. The van der Waals surface area contributed by atoms with Crippen molar-refractivity contribution in [2.24, 2.45) is 23.3 Å². The summed E-state index contributed by atoms with van der Waals surface area (Å²) in [5.41, 5.74) is 17.0. The molecule has 11 N–H and O–H groups in total. The number of hydrogen-bond donors (Lipinski definition) is 9. The molecule has 8 amide bonds. The zero-order chi connectivity index (χ0) is 56.0. The fraction of sp³-hybridized carbons (Fsp3) is 0.630. The third kappa shape index (κ3) is 22.1. The van der Waals surface area contributed by atoms with Crippen LogP contribution in [0.4, 0.5) is 15.3 Å². The molecule has 22 heteroatoms. The van der Waals surface area contributed by atoms with Gasteiger partial charge in [-0.2, -0.15) is 0 Å². The molecule has 3 saturated heterocycles. The number of nitrogens with two attached hydrogens (primary N) is 2. The van der Waals surface area contributed by atoms with Crippen LogP contribution in [0.3, 0.4) is 0 Å². The van der Waals surface area contributed by atoms with Gasteiger partial charge in [0.1, 0.15) is 24.8 Å². The summed E-state index contributed by atoms with van der Waals surface area (Å²) in [4.78, 5) is 100. The molecule has 1 aromatic carbocycles. The lowest BCUT2D eigenvalue weighted by Crippen LogP contribution is -2.54. The molecule has 3 fully saturated rings. The number of ether oxygens (including phenoxy) is 5. The smallest absolute Gasteiger partial charge is 0.426 e. The van der Waals surface area contributed by atoms with Gasteiger partial charge in [-0.05, 0) is 108 Å². The molecule has 3 aliphatic rings. The SMILES string of the molecule is CC(=O)O[C@@H](C)/C=C\C(=O)N[C@@H]1C[C@H](C)[C@H](C/C=C(C)/C=C/[C@@H]2C[C@]3(C[C@@H](CC(=O)NNC(=O)OCc4ccc(NC(=O)[C@H](CCCNC(N)=O)NC(=O)[C@@H](NC(=O)CCCCCN)C(C)C)cc4)O2)O[C@@H]3C)O[C@@H]1C. The maximum atomic E-state index is 13.5. The third-order valence-corrected chi connectivity index (χ3v) is 13.5. The van der Waals surface area contributed by atoms with Crippen molar-refractivity contribution in [1.82, 2.24) is 32.1 Å². The number of carbonyl (C=O) groups is 8. The van der Waals surface area contributed by atoms with Crippen LogP contribution in [0, 0.1) is 11.8 Å². The van der Waals surface area contributed by atoms with E-state index >= 15 is 0 Å². The molecule has 422 valence electrons. The van der Waals surface area contributed by atoms with Crippen molar-refractivity contribution in [3.8, 4) is 0 Å². The molecule has 11 atom stereocenters. The monoisotopic (exact) mass is 1070 g/mol.